The van der Waals surface area contributed by atoms with Crippen LogP contribution in [0.15, 0.2) is 18.2 Å². The molecule has 0 radical (unpaired) electrons. The summed E-state index contributed by atoms with van der Waals surface area (Å²) in [4.78, 5) is 2.39. The van der Waals surface area contributed by atoms with Gasteiger partial charge in [-0.2, -0.15) is 0 Å². The molecule has 1 aromatic rings. The third-order valence-corrected chi connectivity index (χ3v) is 4.71. The van der Waals surface area contributed by atoms with E-state index >= 15 is 0 Å². The highest BCUT2D eigenvalue weighted by Crippen LogP contribution is 2.33. The van der Waals surface area contributed by atoms with Crippen LogP contribution in [0.1, 0.15) is 31.2 Å². The number of nitrogens with one attached hydrogen (secondary N) is 1. The number of rotatable bonds is 7. The van der Waals surface area contributed by atoms with E-state index in [-0.39, 0.29) is 0 Å². The van der Waals surface area contributed by atoms with E-state index in [1.54, 1.807) is 14.2 Å². The predicted molar refractivity (Wildman–Crippen MR) is 86.1 cm³/mol. The number of hydrogen-bond acceptors (Lipinski definition) is 4. The van der Waals surface area contributed by atoms with E-state index in [9.17, 15) is 0 Å². The fourth-order valence-electron chi connectivity index (χ4n) is 3.25. The second-order valence-corrected chi connectivity index (χ2v) is 6.12. The molecule has 21 heavy (non-hydrogen) atoms. The maximum atomic E-state index is 5.35. The molecule has 0 saturated heterocycles. The average Bonchev–Trinajstić information content (AvgIpc) is 2.97. The molecule has 1 N–H and O–H groups in total. The van der Waals surface area contributed by atoms with Crippen molar-refractivity contribution in [3.05, 3.63) is 23.8 Å². The van der Waals surface area contributed by atoms with Crippen LogP contribution in [-0.2, 0) is 6.54 Å². The lowest BCUT2D eigenvalue weighted by molar-refractivity contribution is 0.153. The van der Waals surface area contributed by atoms with Gasteiger partial charge in [0.1, 0.15) is 0 Å². The maximum absolute atomic E-state index is 5.35. The van der Waals surface area contributed by atoms with Crippen LogP contribution in [0.4, 0.5) is 0 Å². The van der Waals surface area contributed by atoms with Crippen LogP contribution in [0.25, 0.3) is 0 Å². The van der Waals surface area contributed by atoms with Crippen molar-refractivity contribution in [3.8, 4) is 11.5 Å². The second kappa shape index (κ2) is 7.14. The Kier molecular flexibility index (Phi) is 5.48. The summed E-state index contributed by atoms with van der Waals surface area (Å²) in [6.45, 7) is 1.89. The number of benzene rings is 1. The SMILES string of the molecule is COc1ccc(CNCC2(N(C)C)CCCC2)cc1OC. The summed E-state index contributed by atoms with van der Waals surface area (Å²) in [5, 5.41) is 3.62. The molecular formula is C17H28N2O2. The molecule has 0 aliphatic heterocycles. The summed E-state index contributed by atoms with van der Waals surface area (Å²) in [5.41, 5.74) is 1.55. The van der Waals surface area contributed by atoms with E-state index < -0.39 is 0 Å². The Morgan fingerprint density at radius 1 is 1.10 bits per heavy atom. The molecule has 1 saturated carbocycles. The molecule has 0 aromatic heterocycles. The average molecular weight is 292 g/mol. The predicted octanol–water partition coefficient (Wildman–Crippen LogP) is 2.67. The van der Waals surface area contributed by atoms with Crippen molar-refractivity contribution in [1.82, 2.24) is 10.2 Å². The number of nitrogens with zero attached hydrogens (tertiary/aromatic N) is 1. The molecule has 1 aliphatic rings. The van der Waals surface area contributed by atoms with Crippen molar-refractivity contribution < 1.29 is 9.47 Å². The molecule has 0 atom stereocenters. The Morgan fingerprint density at radius 3 is 2.33 bits per heavy atom. The van der Waals surface area contributed by atoms with Gasteiger partial charge < -0.3 is 19.7 Å². The highest BCUT2D eigenvalue weighted by Gasteiger charge is 2.35. The summed E-state index contributed by atoms with van der Waals surface area (Å²) in [6, 6.07) is 6.10. The van der Waals surface area contributed by atoms with Crippen molar-refractivity contribution in [1.29, 1.82) is 0 Å². The molecule has 0 heterocycles. The van der Waals surface area contributed by atoms with Gasteiger partial charge in [0.05, 0.1) is 14.2 Å². The zero-order chi connectivity index (χ0) is 15.3. The smallest absolute Gasteiger partial charge is 0.161 e. The first-order valence-corrected chi connectivity index (χ1v) is 7.70. The number of ether oxygens (including phenoxy) is 2. The van der Waals surface area contributed by atoms with Gasteiger partial charge >= 0.3 is 0 Å². The van der Waals surface area contributed by atoms with E-state index in [1.807, 2.05) is 12.1 Å². The Morgan fingerprint density at radius 2 is 1.76 bits per heavy atom. The quantitative estimate of drug-likeness (QED) is 0.838. The lowest BCUT2D eigenvalue weighted by atomic mass is 9.96. The van der Waals surface area contributed by atoms with E-state index in [1.165, 1.54) is 31.2 Å². The highest BCUT2D eigenvalue weighted by molar-refractivity contribution is 5.42. The van der Waals surface area contributed by atoms with Crippen molar-refractivity contribution in [2.45, 2.75) is 37.8 Å². The van der Waals surface area contributed by atoms with Gasteiger partial charge in [-0.3, -0.25) is 0 Å². The molecule has 0 bridgehead atoms. The van der Waals surface area contributed by atoms with Gasteiger partial charge in [0, 0.05) is 18.6 Å². The van der Waals surface area contributed by atoms with Gasteiger partial charge in [0.15, 0.2) is 11.5 Å². The third kappa shape index (κ3) is 3.69. The van der Waals surface area contributed by atoms with Crippen molar-refractivity contribution in [2.24, 2.45) is 0 Å². The first kappa shape index (κ1) is 16.1. The molecule has 0 spiro atoms. The van der Waals surface area contributed by atoms with Crippen molar-refractivity contribution in [3.63, 3.8) is 0 Å². The Labute approximate surface area is 128 Å². The van der Waals surface area contributed by atoms with Gasteiger partial charge in [-0.25, -0.2) is 0 Å². The Balaban J connectivity index is 1.94. The number of likely N-dealkylation sites (N-methyl/N-ethyl adjacent to an activating group) is 1. The fourth-order valence-corrected chi connectivity index (χ4v) is 3.25. The van der Waals surface area contributed by atoms with Gasteiger partial charge in [-0.05, 0) is 44.6 Å². The third-order valence-electron chi connectivity index (χ3n) is 4.71. The monoisotopic (exact) mass is 292 g/mol. The van der Waals surface area contributed by atoms with Crippen LogP contribution in [-0.4, -0.2) is 45.3 Å². The van der Waals surface area contributed by atoms with Crippen molar-refractivity contribution >= 4 is 0 Å². The summed E-state index contributed by atoms with van der Waals surface area (Å²) >= 11 is 0. The topological polar surface area (TPSA) is 33.7 Å². The molecule has 2 rings (SSSR count). The highest BCUT2D eigenvalue weighted by atomic mass is 16.5. The Bertz CT molecular complexity index is 454. The minimum Gasteiger partial charge on any atom is -0.493 e. The van der Waals surface area contributed by atoms with Crippen LogP contribution in [0.3, 0.4) is 0 Å². The molecule has 118 valence electrons. The van der Waals surface area contributed by atoms with E-state index in [4.69, 9.17) is 9.47 Å². The van der Waals surface area contributed by atoms with Gasteiger partial charge in [0.2, 0.25) is 0 Å². The second-order valence-electron chi connectivity index (χ2n) is 6.12. The molecule has 1 aliphatic carbocycles. The van der Waals surface area contributed by atoms with Crippen LogP contribution >= 0.6 is 0 Å². The largest absolute Gasteiger partial charge is 0.493 e. The molecule has 1 fully saturated rings. The normalized spacial score (nSPS) is 17.2. The van der Waals surface area contributed by atoms with Crippen LogP contribution in [0, 0.1) is 0 Å². The summed E-state index contributed by atoms with van der Waals surface area (Å²) in [7, 11) is 7.73. The molecular weight excluding hydrogens is 264 g/mol. The maximum Gasteiger partial charge on any atom is 0.161 e. The standard InChI is InChI=1S/C17H28N2O2/c1-19(2)17(9-5-6-10-17)13-18-12-14-7-8-15(20-3)16(11-14)21-4/h7-8,11,18H,5-6,9-10,12-13H2,1-4H3. The minimum absolute atomic E-state index is 0.330. The molecule has 0 amide bonds. The fraction of sp³-hybridized carbons (Fsp3) is 0.647. The van der Waals surface area contributed by atoms with Gasteiger partial charge in [-0.15, -0.1) is 0 Å². The zero-order valence-electron chi connectivity index (χ0n) is 13.7. The first-order valence-electron chi connectivity index (χ1n) is 7.70. The summed E-state index contributed by atoms with van der Waals surface area (Å²) in [5.74, 6) is 1.57. The van der Waals surface area contributed by atoms with Gasteiger partial charge in [-0.1, -0.05) is 18.9 Å². The molecule has 1 aromatic carbocycles. The van der Waals surface area contributed by atoms with Gasteiger partial charge in [0.25, 0.3) is 0 Å². The lowest BCUT2D eigenvalue weighted by Gasteiger charge is -2.36. The van der Waals surface area contributed by atoms with Crippen LogP contribution in [0.2, 0.25) is 0 Å². The Hall–Kier alpha value is -1.26. The summed E-state index contributed by atoms with van der Waals surface area (Å²) < 4.78 is 10.6. The molecule has 0 unspecified atom stereocenters. The van der Waals surface area contributed by atoms with Crippen LogP contribution < -0.4 is 14.8 Å². The zero-order valence-corrected chi connectivity index (χ0v) is 13.7. The summed E-state index contributed by atoms with van der Waals surface area (Å²) in [6.07, 6.45) is 5.27. The lowest BCUT2D eigenvalue weighted by Crippen LogP contribution is -2.49. The van der Waals surface area contributed by atoms with Crippen LogP contribution in [0.5, 0.6) is 11.5 Å². The molecule has 4 heteroatoms. The first-order chi connectivity index (χ1) is 10.1. The minimum atomic E-state index is 0.330. The van der Waals surface area contributed by atoms with E-state index in [2.05, 4.69) is 30.4 Å². The number of hydrogen-bond donors (Lipinski definition) is 1. The number of methoxy groups -OCH3 is 2. The van der Waals surface area contributed by atoms with E-state index in [0.29, 0.717) is 5.54 Å². The molecule has 4 nitrogen and oxygen atoms in total. The van der Waals surface area contributed by atoms with E-state index in [0.717, 1.165) is 24.6 Å². The van der Waals surface area contributed by atoms with Crippen molar-refractivity contribution in [2.75, 3.05) is 34.9 Å².